The molecule has 0 unspecified atom stereocenters. The van der Waals surface area contributed by atoms with E-state index in [1.165, 1.54) is 0 Å². The summed E-state index contributed by atoms with van der Waals surface area (Å²) in [6.07, 6.45) is 3.47. The van der Waals surface area contributed by atoms with Crippen LogP contribution in [0, 0.1) is 0 Å². The van der Waals surface area contributed by atoms with Gasteiger partial charge in [0.05, 0.1) is 17.6 Å². The van der Waals surface area contributed by atoms with Crippen LogP contribution in [0.25, 0.3) is 11.3 Å². The van der Waals surface area contributed by atoms with E-state index in [1.54, 1.807) is 6.20 Å². The summed E-state index contributed by atoms with van der Waals surface area (Å²) in [6.45, 7) is 2.00. The summed E-state index contributed by atoms with van der Waals surface area (Å²) < 4.78 is 0. The van der Waals surface area contributed by atoms with Crippen molar-refractivity contribution in [2.45, 2.75) is 26.2 Å². The van der Waals surface area contributed by atoms with Crippen molar-refractivity contribution in [3.8, 4) is 11.3 Å². The molecule has 3 aromatic rings. The molecule has 0 aliphatic heterocycles. The van der Waals surface area contributed by atoms with E-state index in [4.69, 9.17) is 5.73 Å². The van der Waals surface area contributed by atoms with Crippen LogP contribution >= 0.6 is 0 Å². The van der Waals surface area contributed by atoms with Gasteiger partial charge in [0.25, 0.3) is 0 Å². The predicted octanol–water partition coefficient (Wildman–Crippen LogP) is 3.86. The number of nitrogens with one attached hydrogen (secondary N) is 1. The van der Waals surface area contributed by atoms with Crippen molar-refractivity contribution >= 4 is 17.4 Å². The Kier molecular flexibility index (Phi) is 5.59. The second-order valence-corrected chi connectivity index (χ2v) is 6.06. The first-order chi connectivity index (χ1) is 12.7. The number of aromatic nitrogens is 2. The van der Waals surface area contributed by atoms with Crippen LogP contribution in [0.5, 0.6) is 0 Å². The van der Waals surface area contributed by atoms with Gasteiger partial charge in [-0.05, 0) is 30.5 Å². The maximum atomic E-state index is 12.3. The molecule has 1 heterocycles. The first-order valence-corrected chi connectivity index (χ1v) is 8.71. The van der Waals surface area contributed by atoms with E-state index in [-0.39, 0.29) is 5.91 Å². The van der Waals surface area contributed by atoms with E-state index in [2.05, 4.69) is 15.3 Å². The lowest BCUT2D eigenvalue weighted by atomic mass is 10.1. The van der Waals surface area contributed by atoms with Crippen LogP contribution in [0.1, 0.15) is 24.6 Å². The van der Waals surface area contributed by atoms with Gasteiger partial charge < -0.3 is 11.1 Å². The van der Waals surface area contributed by atoms with E-state index in [1.807, 2.05) is 61.5 Å². The quantitative estimate of drug-likeness (QED) is 0.664. The zero-order chi connectivity index (χ0) is 18.4. The van der Waals surface area contributed by atoms with Gasteiger partial charge in [0.15, 0.2) is 5.82 Å². The molecule has 5 nitrogen and oxygen atoms in total. The molecular weight excluding hydrogens is 324 g/mol. The van der Waals surface area contributed by atoms with Crippen LogP contribution in [0.4, 0.5) is 11.5 Å². The van der Waals surface area contributed by atoms with Crippen LogP contribution in [-0.2, 0) is 17.6 Å². The van der Waals surface area contributed by atoms with Gasteiger partial charge in [-0.15, -0.1) is 0 Å². The summed E-state index contributed by atoms with van der Waals surface area (Å²) in [7, 11) is 0. The number of nitrogens with two attached hydrogens (primary N) is 1. The lowest BCUT2D eigenvalue weighted by molar-refractivity contribution is -0.116. The number of hydrogen-bond acceptors (Lipinski definition) is 4. The molecule has 5 heteroatoms. The first-order valence-electron chi connectivity index (χ1n) is 8.71. The van der Waals surface area contributed by atoms with Crippen LogP contribution in [0.3, 0.4) is 0 Å². The molecule has 2 aromatic carbocycles. The SMILES string of the molecule is CCc1nc(-c2ccc(N)cc2)cnc1NC(=O)CCc1ccccc1. The van der Waals surface area contributed by atoms with Gasteiger partial charge in [-0.25, -0.2) is 9.97 Å². The maximum absolute atomic E-state index is 12.3. The van der Waals surface area contributed by atoms with Gasteiger partial charge in [0.1, 0.15) is 0 Å². The van der Waals surface area contributed by atoms with Crippen LogP contribution in [-0.4, -0.2) is 15.9 Å². The van der Waals surface area contributed by atoms with Gasteiger partial charge in [0, 0.05) is 17.7 Å². The minimum absolute atomic E-state index is 0.0573. The molecule has 0 aliphatic carbocycles. The number of amides is 1. The van der Waals surface area contributed by atoms with Gasteiger partial charge in [-0.1, -0.05) is 49.4 Å². The van der Waals surface area contributed by atoms with Gasteiger partial charge in [-0.2, -0.15) is 0 Å². The molecule has 0 spiro atoms. The molecule has 26 heavy (non-hydrogen) atoms. The predicted molar refractivity (Wildman–Crippen MR) is 105 cm³/mol. The molecule has 1 amide bonds. The minimum Gasteiger partial charge on any atom is -0.399 e. The van der Waals surface area contributed by atoms with Crippen molar-refractivity contribution in [3.05, 3.63) is 72.1 Å². The number of benzene rings is 2. The molecule has 0 fully saturated rings. The maximum Gasteiger partial charge on any atom is 0.225 e. The lowest BCUT2D eigenvalue weighted by Crippen LogP contribution is -2.15. The van der Waals surface area contributed by atoms with E-state index in [0.717, 1.165) is 22.5 Å². The van der Waals surface area contributed by atoms with Gasteiger partial charge >= 0.3 is 0 Å². The summed E-state index contributed by atoms with van der Waals surface area (Å²) in [6, 6.07) is 17.5. The topological polar surface area (TPSA) is 80.9 Å². The number of anilines is 2. The Morgan fingerprint density at radius 1 is 1.08 bits per heavy atom. The fourth-order valence-electron chi connectivity index (χ4n) is 2.67. The molecule has 0 radical (unpaired) electrons. The number of nitrogen functional groups attached to an aromatic ring is 1. The molecule has 1 aromatic heterocycles. The molecule has 0 saturated heterocycles. The highest BCUT2D eigenvalue weighted by molar-refractivity contribution is 5.90. The van der Waals surface area contributed by atoms with E-state index in [9.17, 15) is 4.79 Å². The fourth-order valence-corrected chi connectivity index (χ4v) is 2.67. The number of carbonyl (C=O) groups excluding carboxylic acids is 1. The molecule has 0 aliphatic rings. The van der Waals surface area contributed by atoms with E-state index >= 15 is 0 Å². The Morgan fingerprint density at radius 2 is 1.81 bits per heavy atom. The summed E-state index contributed by atoms with van der Waals surface area (Å²) in [5.41, 5.74) is 10.1. The van der Waals surface area contributed by atoms with Gasteiger partial charge in [-0.3, -0.25) is 4.79 Å². The van der Waals surface area contributed by atoms with E-state index < -0.39 is 0 Å². The number of carbonyl (C=O) groups is 1. The molecule has 3 rings (SSSR count). The highest BCUT2D eigenvalue weighted by atomic mass is 16.1. The van der Waals surface area contributed by atoms with Crippen molar-refractivity contribution in [3.63, 3.8) is 0 Å². The third kappa shape index (κ3) is 4.45. The molecule has 0 atom stereocenters. The number of aryl methyl sites for hydroxylation is 2. The first kappa shape index (κ1) is 17.6. The summed E-state index contributed by atoms with van der Waals surface area (Å²) in [4.78, 5) is 21.3. The summed E-state index contributed by atoms with van der Waals surface area (Å²) in [5.74, 6) is 0.475. The summed E-state index contributed by atoms with van der Waals surface area (Å²) >= 11 is 0. The van der Waals surface area contributed by atoms with E-state index in [0.29, 0.717) is 30.8 Å². The third-order valence-corrected chi connectivity index (χ3v) is 4.13. The lowest BCUT2D eigenvalue weighted by Gasteiger charge is -2.10. The Bertz CT molecular complexity index is 876. The molecular formula is C21H22N4O. The van der Waals surface area contributed by atoms with Crippen molar-refractivity contribution in [1.29, 1.82) is 0 Å². The number of hydrogen-bond donors (Lipinski definition) is 2. The third-order valence-electron chi connectivity index (χ3n) is 4.13. The van der Waals surface area contributed by atoms with Gasteiger partial charge in [0.2, 0.25) is 5.91 Å². The number of nitrogens with zero attached hydrogens (tertiary/aromatic N) is 2. The highest BCUT2D eigenvalue weighted by Crippen LogP contribution is 2.21. The van der Waals surface area contributed by atoms with Crippen molar-refractivity contribution in [1.82, 2.24) is 9.97 Å². The number of rotatable bonds is 6. The van der Waals surface area contributed by atoms with Crippen LogP contribution in [0.15, 0.2) is 60.8 Å². The largest absolute Gasteiger partial charge is 0.399 e. The zero-order valence-electron chi connectivity index (χ0n) is 14.8. The molecule has 3 N–H and O–H groups in total. The normalized spacial score (nSPS) is 10.5. The van der Waals surface area contributed by atoms with Crippen molar-refractivity contribution in [2.75, 3.05) is 11.1 Å². The fraction of sp³-hybridized carbons (Fsp3) is 0.190. The molecule has 0 saturated carbocycles. The average Bonchev–Trinajstić information content (AvgIpc) is 2.68. The monoisotopic (exact) mass is 346 g/mol. The van der Waals surface area contributed by atoms with Crippen LogP contribution in [0.2, 0.25) is 0 Å². The Hall–Kier alpha value is -3.21. The Balaban J connectivity index is 1.69. The minimum atomic E-state index is -0.0573. The standard InChI is InChI=1S/C21H22N4O/c1-2-18-21(25-20(26)13-8-15-6-4-3-5-7-15)23-14-19(24-18)16-9-11-17(22)12-10-16/h3-7,9-12,14H,2,8,13,22H2,1H3,(H,23,25,26). The second-order valence-electron chi connectivity index (χ2n) is 6.06. The van der Waals surface area contributed by atoms with Crippen LogP contribution < -0.4 is 11.1 Å². The van der Waals surface area contributed by atoms with Crippen molar-refractivity contribution in [2.24, 2.45) is 0 Å². The molecule has 132 valence electrons. The average molecular weight is 346 g/mol. The Morgan fingerprint density at radius 3 is 2.50 bits per heavy atom. The Labute approximate surface area is 153 Å². The zero-order valence-corrected chi connectivity index (χ0v) is 14.8. The molecule has 0 bridgehead atoms. The second kappa shape index (κ2) is 8.25. The van der Waals surface area contributed by atoms with Crippen molar-refractivity contribution < 1.29 is 4.79 Å². The summed E-state index contributed by atoms with van der Waals surface area (Å²) in [5, 5.41) is 2.89. The highest BCUT2D eigenvalue weighted by Gasteiger charge is 2.11. The smallest absolute Gasteiger partial charge is 0.225 e.